The van der Waals surface area contributed by atoms with E-state index in [1.165, 1.54) is 0 Å². The Bertz CT molecular complexity index is 618. The van der Waals surface area contributed by atoms with E-state index in [1.54, 1.807) is 6.26 Å². The maximum absolute atomic E-state index is 9.10. The van der Waals surface area contributed by atoms with Crippen molar-refractivity contribution in [1.29, 1.82) is 0 Å². The summed E-state index contributed by atoms with van der Waals surface area (Å²) in [7, 11) is 0. The summed E-state index contributed by atoms with van der Waals surface area (Å²) >= 11 is 0. The second kappa shape index (κ2) is 6.85. The van der Waals surface area contributed by atoms with Crippen LogP contribution in [0.4, 0.5) is 0 Å². The Morgan fingerprint density at radius 3 is 2.50 bits per heavy atom. The highest BCUT2D eigenvalue weighted by atomic mass is 16.5. The molecule has 1 fully saturated rings. The highest BCUT2D eigenvalue weighted by Crippen LogP contribution is 2.26. The van der Waals surface area contributed by atoms with Gasteiger partial charge in [-0.2, -0.15) is 4.98 Å². The monoisotopic (exact) mass is 309 g/mol. The zero-order valence-corrected chi connectivity index (χ0v) is 11.8. The Morgan fingerprint density at radius 2 is 2.05 bits per heavy atom. The summed E-state index contributed by atoms with van der Waals surface area (Å²) in [5.74, 6) is -0.797. The van der Waals surface area contributed by atoms with Gasteiger partial charge in [0.05, 0.1) is 18.7 Å². The second-order valence-corrected chi connectivity index (χ2v) is 4.76. The van der Waals surface area contributed by atoms with Gasteiger partial charge in [0.1, 0.15) is 5.76 Å². The summed E-state index contributed by atoms with van der Waals surface area (Å²) in [6.07, 6.45) is 1.70. The minimum absolute atomic E-state index is 0.385. The minimum Gasteiger partial charge on any atom is -0.473 e. The van der Waals surface area contributed by atoms with E-state index >= 15 is 0 Å². The van der Waals surface area contributed by atoms with Crippen LogP contribution in [0.3, 0.4) is 0 Å². The fourth-order valence-electron chi connectivity index (χ4n) is 1.96. The number of aromatic nitrogens is 2. The van der Waals surface area contributed by atoms with Crippen molar-refractivity contribution in [2.24, 2.45) is 0 Å². The molecule has 2 N–H and O–H groups in total. The predicted molar refractivity (Wildman–Crippen MR) is 71.0 cm³/mol. The SMILES string of the molecule is Cc1noc(C2CN(Cc3ccco3)C2)n1.O=C(O)C(=O)O. The lowest BCUT2D eigenvalue weighted by molar-refractivity contribution is -0.159. The topological polar surface area (TPSA) is 130 Å². The average Bonchev–Trinajstić information content (AvgIpc) is 3.05. The number of hydrogen-bond donors (Lipinski definition) is 2. The number of rotatable bonds is 3. The van der Waals surface area contributed by atoms with Crippen molar-refractivity contribution < 1.29 is 28.7 Å². The third-order valence-corrected chi connectivity index (χ3v) is 2.99. The van der Waals surface area contributed by atoms with Gasteiger partial charge < -0.3 is 19.2 Å². The van der Waals surface area contributed by atoms with Crippen molar-refractivity contribution in [2.45, 2.75) is 19.4 Å². The van der Waals surface area contributed by atoms with E-state index in [0.29, 0.717) is 11.7 Å². The van der Waals surface area contributed by atoms with Crippen LogP contribution >= 0.6 is 0 Å². The Labute approximate surface area is 125 Å². The van der Waals surface area contributed by atoms with Crippen LogP contribution in [0.1, 0.15) is 23.4 Å². The van der Waals surface area contributed by atoms with Crippen LogP contribution in [0.25, 0.3) is 0 Å². The van der Waals surface area contributed by atoms with Crippen LogP contribution in [-0.4, -0.2) is 50.3 Å². The lowest BCUT2D eigenvalue weighted by Gasteiger charge is -2.36. The predicted octanol–water partition coefficient (Wildman–Crippen LogP) is 0.726. The van der Waals surface area contributed by atoms with Gasteiger partial charge in [-0.3, -0.25) is 4.90 Å². The molecule has 1 aliphatic heterocycles. The molecule has 0 amide bonds. The summed E-state index contributed by atoms with van der Waals surface area (Å²) in [5, 5.41) is 18.6. The number of furan rings is 1. The van der Waals surface area contributed by atoms with Gasteiger partial charge in [0.2, 0.25) is 5.89 Å². The second-order valence-electron chi connectivity index (χ2n) is 4.76. The molecule has 118 valence electrons. The van der Waals surface area contributed by atoms with Gasteiger partial charge in [0.25, 0.3) is 0 Å². The van der Waals surface area contributed by atoms with Crippen molar-refractivity contribution in [1.82, 2.24) is 15.0 Å². The largest absolute Gasteiger partial charge is 0.473 e. The number of aliphatic carboxylic acids is 2. The van der Waals surface area contributed by atoms with E-state index < -0.39 is 11.9 Å². The number of nitrogens with zero attached hydrogens (tertiary/aromatic N) is 3. The van der Waals surface area contributed by atoms with Crippen LogP contribution in [0.15, 0.2) is 27.3 Å². The lowest BCUT2D eigenvalue weighted by Crippen LogP contribution is -2.44. The third-order valence-electron chi connectivity index (χ3n) is 2.99. The lowest BCUT2D eigenvalue weighted by atomic mass is 10.0. The Kier molecular flexibility index (Phi) is 4.89. The molecule has 2 aromatic heterocycles. The summed E-state index contributed by atoms with van der Waals surface area (Å²) < 4.78 is 10.4. The maximum Gasteiger partial charge on any atom is 0.414 e. The molecule has 22 heavy (non-hydrogen) atoms. The van der Waals surface area contributed by atoms with Crippen molar-refractivity contribution in [3.63, 3.8) is 0 Å². The molecular formula is C13H15N3O6. The highest BCUT2D eigenvalue weighted by molar-refractivity contribution is 6.27. The van der Waals surface area contributed by atoms with E-state index in [1.807, 2.05) is 19.1 Å². The number of hydrogen-bond acceptors (Lipinski definition) is 7. The molecule has 3 heterocycles. The molecule has 0 atom stereocenters. The van der Waals surface area contributed by atoms with Crippen molar-refractivity contribution >= 4 is 11.9 Å². The molecule has 0 radical (unpaired) electrons. The smallest absolute Gasteiger partial charge is 0.414 e. The molecular weight excluding hydrogens is 294 g/mol. The normalized spacial score (nSPS) is 14.8. The van der Waals surface area contributed by atoms with E-state index in [-0.39, 0.29) is 0 Å². The average molecular weight is 309 g/mol. The molecule has 9 heteroatoms. The molecule has 0 aromatic carbocycles. The van der Waals surface area contributed by atoms with E-state index in [0.717, 1.165) is 31.3 Å². The molecule has 2 aromatic rings. The van der Waals surface area contributed by atoms with Gasteiger partial charge in [-0.05, 0) is 19.1 Å². The number of carbonyl (C=O) groups is 2. The summed E-state index contributed by atoms with van der Waals surface area (Å²) in [4.78, 5) is 24.7. The van der Waals surface area contributed by atoms with E-state index in [2.05, 4.69) is 15.0 Å². The maximum atomic E-state index is 9.10. The van der Waals surface area contributed by atoms with Crippen LogP contribution in [0, 0.1) is 6.92 Å². The Balaban J connectivity index is 0.000000254. The van der Waals surface area contributed by atoms with Crippen molar-refractivity contribution in [3.8, 4) is 0 Å². The van der Waals surface area contributed by atoms with Crippen molar-refractivity contribution in [2.75, 3.05) is 13.1 Å². The molecule has 9 nitrogen and oxygen atoms in total. The zero-order valence-electron chi connectivity index (χ0n) is 11.8. The zero-order chi connectivity index (χ0) is 16.1. The first-order valence-electron chi connectivity index (χ1n) is 6.47. The fraction of sp³-hybridized carbons (Fsp3) is 0.385. The first-order chi connectivity index (χ1) is 10.5. The number of carboxylic acids is 2. The van der Waals surface area contributed by atoms with Crippen LogP contribution in [0.5, 0.6) is 0 Å². The number of aryl methyl sites for hydroxylation is 1. The van der Waals surface area contributed by atoms with Gasteiger partial charge in [-0.25, -0.2) is 9.59 Å². The first kappa shape index (κ1) is 15.7. The molecule has 3 rings (SSSR count). The van der Waals surface area contributed by atoms with Gasteiger partial charge in [0.15, 0.2) is 5.82 Å². The molecule has 0 bridgehead atoms. The van der Waals surface area contributed by atoms with Gasteiger partial charge in [-0.15, -0.1) is 0 Å². The number of likely N-dealkylation sites (tertiary alicyclic amines) is 1. The third kappa shape index (κ3) is 4.16. The van der Waals surface area contributed by atoms with Crippen molar-refractivity contribution in [3.05, 3.63) is 35.9 Å². The van der Waals surface area contributed by atoms with E-state index in [4.69, 9.17) is 28.7 Å². The molecule has 0 unspecified atom stereocenters. The van der Waals surface area contributed by atoms with Gasteiger partial charge in [0, 0.05) is 13.1 Å². The van der Waals surface area contributed by atoms with E-state index in [9.17, 15) is 0 Å². The first-order valence-corrected chi connectivity index (χ1v) is 6.47. The van der Waals surface area contributed by atoms with Gasteiger partial charge >= 0.3 is 11.9 Å². The van der Waals surface area contributed by atoms with Crippen LogP contribution in [0.2, 0.25) is 0 Å². The van der Waals surface area contributed by atoms with Crippen LogP contribution < -0.4 is 0 Å². The number of carboxylic acid groups (broad SMARTS) is 2. The van der Waals surface area contributed by atoms with Gasteiger partial charge in [-0.1, -0.05) is 5.16 Å². The molecule has 1 aliphatic rings. The molecule has 0 aliphatic carbocycles. The molecule has 1 saturated heterocycles. The molecule has 0 spiro atoms. The summed E-state index contributed by atoms with van der Waals surface area (Å²) in [6.45, 7) is 4.62. The summed E-state index contributed by atoms with van der Waals surface area (Å²) in [5.41, 5.74) is 0. The highest BCUT2D eigenvalue weighted by Gasteiger charge is 2.32. The van der Waals surface area contributed by atoms with Crippen LogP contribution in [-0.2, 0) is 16.1 Å². The molecule has 0 saturated carbocycles. The Hall–Kier alpha value is -2.68. The standard InChI is InChI=1S/C11H13N3O2.C2H2O4/c1-8-12-11(16-13-8)9-5-14(6-9)7-10-3-2-4-15-10;3-1(4)2(5)6/h2-4,9H,5-7H2,1H3;(H,3,4)(H,5,6). The summed E-state index contributed by atoms with van der Waals surface area (Å²) in [6, 6.07) is 3.90. The quantitative estimate of drug-likeness (QED) is 0.787. The Morgan fingerprint density at radius 1 is 1.36 bits per heavy atom. The fourth-order valence-corrected chi connectivity index (χ4v) is 1.96. The minimum atomic E-state index is -1.82.